The van der Waals surface area contributed by atoms with Crippen molar-refractivity contribution in [1.29, 1.82) is 5.26 Å². The van der Waals surface area contributed by atoms with Crippen molar-refractivity contribution in [2.24, 2.45) is 0 Å². The van der Waals surface area contributed by atoms with Gasteiger partial charge in [-0.15, -0.1) is 0 Å². The molecule has 1 N–H and O–H groups in total. The van der Waals surface area contributed by atoms with Crippen LogP contribution in [0.2, 0.25) is 0 Å². The number of ether oxygens (including phenoxy) is 1. The van der Waals surface area contributed by atoms with Crippen LogP contribution < -0.4 is 0 Å². The molecule has 0 bridgehead atoms. The van der Waals surface area contributed by atoms with Crippen molar-refractivity contribution < 1.29 is 14.6 Å². The monoisotopic (exact) mass is 490 g/mol. The van der Waals surface area contributed by atoms with Crippen LogP contribution in [-0.2, 0) is 22.4 Å². The fraction of sp³-hybridized carbons (Fsp3) is 0.150. The molecule has 0 fully saturated rings. The molecule has 0 aliphatic heterocycles. The largest absolute Gasteiger partial charge is 0.511 e. The van der Waals surface area contributed by atoms with E-state index >= 15 is 0 Å². The molecule has 5 nitrogen and oxygen atoms in total. The van der Waals surface area contributed by atoms with Crippen LogP contribution in [0.15, 0.2) is 68.9 Å². The number of hydrogen-bond acceptors (Lipinski definition) is 3. The van der Waals surface area contributed by atoms with E-state index in [-0.39, 0.29) is 12.1 Å². The van der Waals surface area contributed by atoms with Gasteiger partial charge in [0.15, 0.2) is 0 Å². The van der Waals surface area contributed by atoms with Crippen LogP contribution in [0.4, 0.5) is 0 Å². The minimum absolute atomic E-state index is 0.00229. The molecule has 2 rings (SSSR count). The Morgan fingerprint density at radius 3 is 2.04 bits per heavy atom. The van der Waals surface area contributed by atoms with Gasteiger partial charge in [-0.05, 0) is 35.4 Å². The Labute approximate surface area is 175 Å². The second-order valence-electron chi connectivity index (χ2n) is 5.21. The number of carboxylic acids is 1. The van der Waals surface area contributed by atoms with Gasteiger partial charge in [0.1, 0.15) is 5.76 Å². The number of benzene rings is 2. The smallest absolute Gasteiger partial charge is 0.307 e. The van der Waals surface area contributed by atoms with E-state index in [1.54, 1.807) is 12.1 Å². The normalized spacial score (nSPS) is 10.4. The first-order chi connectivity index (χ1) is 12.9. The zero-order valence-corrected chi connectivity index (χ0v) is 17.6. The molecule has 0 aliphatic carbocycles. The molecule has 0 aliphatic rings. The highest BCUT2D eigenvalue weighted by atomic mass is 79.9. The number of halogens is 2. The standard InChI is InChI=1S/C12H9BrN2O.C8H7BrO2/c1-15-11(8-14)12(16-2)7-9-4-3-5-10(13)6-9;9-7-3-1-2-6(4-7)5-8(10)11/h3-6H,7H2,2H3;1-4H,5H2,(H,10,11)/b12-11+;. The van der Waals surface area contributed by atoms with E-state index in [9.17, 15) is 4.79 Å². The molecule has 7 heteroatoms. The third kappa shape index (κ3) is 8.54. The lowest BCUT2D eigenvalue weighted by atomic mass is 10.1. The van der Waals surface area contributed by atoms with Gasteiger partial charge in [0.05, 0.1) is 26.2 Å². The minimum atomic E-state index is -0.803. The Bertz CT molecular complexity index is 896. The maximum atomic E-state index is 10.3. The summed E-state index contributed by atoms with van der Waals surface area (Å²) < 4.78 is 6.94. The number of rotatable bonds is 5. The van der Waals surface area contributed by atoms with Crippen molar-refractivity contribution in [1.82, 2.24) is 0 Å². The number of nitriles is 1. The van der Waals surface area contributed by atoms with E-state index in [0.29, 0.717) is 12.2 Å². The number of carbonyl (C=O) groups is 1. The number of methoxy groups -OCH3 is 1. The van der Waals surface area contributed by atoms with Gasteiger partial charge < -0.3 is 9.84 Å². The molecule has 0 aromatic heterocycles. The average molecular weight is 492 g/mol. The fourth-order valence-electron chi connectivity index (χ4n) is 2.06. The van der Waals surface area contributed by atoms with Gasteiger partial charge in [0.2, 0.25) is 0 Å². The number of aliphatic carboxylic acids is 1. The molecule has 0 amide bonds. The van der Waals surface area contributed by atoms with Gasteiger partial charge in [-0.25, -0.2) is 10.1 Å². The van der Waals surface area contributed by atoms with Crippen molar-refractivity contribution in [2.75, 3.05) is 7.11 Å². The van der Waals surface area contributed by atoms with Crippen LogP contribution in [0.3, 0.4) is 0 Å². The van der Waals surface area contributed by atoms with E-state index in [1.165, 1.54) is 7.11 Å². The van der Waals surface area contributed by atoms with Crippen LogP contribution >= 0.6 is 31.9 Å². The number of allylic oxidation sites excluding steroid dienone is 2. The van der Waals surface area contributed by atoms with Gasteiger partial charge in [0.25, 0.3) is 5.70 Å². The van der Waals surface area contributed by atoms with Crippen molar-refractivity contribution >= 4 is 37.8 Å². The van der Waals surface area contributed by atoms with E-state index in [0.717, 1.165) is 20.1 Å². The first-order valence-electron chi connectivity index (χ1n) is 7.65. The zero-order valence-electron chi connectivity index (χ0n) is 14.4. The second-order valence-corrected chi connectivity index (χ2v) is 7.04. The van der Waals surface area contributed by atoms with Crippen LogP contribution in [0.25, 0.3) is 4.85 Å². The zero-order chi connectivity index (χ0) is 20.2. The lowest BCUT2D eigenvalue weighted by Crippen LogP contribution is -1.99. The molecular formula is C20H16Br2N2O3. The van der Waals surface area contributed by atoms with Crippen molar-refractivity contribution in [3.63, 3.8) is 0 Å². The highest BCUT2D eigenvalue weighted by Gasteiger charge is 2.08. The topological polar surface area (TPSA) is 74.7 Å². The Morgan fingerprint density at radius 1 is 1.15 bits per heavy atom. The maximum absolute atomic E-state index is 10.3. The molecule has 138 valence electrons. The third-order valence-corrected chi connectivity index (χ3v) is 4.21. The molecule has 0 radical (unpaired) electrons. The summed E-state index contributed by atoms with van der Waals surface area (Å²) in [6, 6.07) is 16.8. The molecule has 0 unspecified atom stereocenters. The molecule has 0 spiro atoms. The van der Waals surface area contributed by atoms with Gasteiger partial charge in [-0.1, -0.05) is 56.1 Å². The summed E-state index contributed by atoms with van der Waals surface area (Å²) in [4.78, 5) is 13.4. The molecule has 0 atom stereocenters. The molecular weight excluding hydrogens is 476 g/mol. The SMILES string of the molecule is O=C(O)Cc1cccc(Br)c1.[C-]#[N+]/C(C#N)=C(\Cc1cccc(Br)c1)OC. The van der Waals surface area contributed by atoms with Crippen molar-refractivity contribution in [3.05, 3.63) is 91.5 Å². The molecule has 2 aromatic rings. The fourth-order valence-corrected chi connectivity index (χ4v) is 2.95. The van der Waals surface area contributed by atoms with Crippen LogP contribution in [0.1, 0.15) is 11.1 Å². The average Bonchev–Trinajstić information content (AvgIpc) is 2.62. The Balaban J connectivity index is 0.000000289. The molecule has 27 heavy (non-hydrogen) atoms. The Hall–Kier alpha value is -2.61. The summed E-state index contributed by atoms with van der Waals surface area (Å²) in [6.07, 6.45) is 0.528. The number of nitrogens with zero attached hydrogens (tertiary/aromatic N) is 2. The van der Waals surface area contributed by atoms with Gasteiger partial charge >= 0.3 is 5.97 Å². The summed E-state index contributed by atoms with van der Waals surface area (Å²) >= 11 is 6.62. The molecule has 0 heterocycles. The lowest BCUT2D eigenvalue weighted by molar-refractivity contribution is -0.136. The second kappa shape index (κ2) is 11.9. The third-order valence-electron chi connectivity index (χ3n) is 3.23. The summed E-state index contributed by atoms with van der Waals surface area (Å²) in [5.41, 5.74) is 1.80. The van der Waals surface area contributed by atoms with Crippen molar-refractivity contribution in [3.8, 4) is 6.07 Å². The maximum Gasteiger partial charge on any atom is 0.307 e. The summed E-state index contributed by atoms with van der Waals surface area (Å²) in [5, 5.41) is 17.2. The summed E-state index contributed by atoms with van der Waals surface area (Å²) in [6.45, 7) is 6.86. The lowest BCUT2D eigenvalue weighted by Gasteiger charge is -2.06. The molecule has 0 saturated heterocycles. The summed E-state index contributed by atoms with van der Waals surface area (Å²) in [7, 11) is 1.47. The predicted molar refractivity (Wildman–Crippen MR) is 110 cm³/mol. The highest BCUT2D eigenvalue weighted by Crippen LogP contribution is 2.17. The van der Waals surface area contributed by atoms with Gasteiger partial charge in [0, 0.05) is 15.4 Å². The van der Waals surface area contributed by atoms with E-state index in [2.05, 4.69) is 36.7 Å². The predicted octanol–water partition coefficient (Wildman–Crippen LogP) is 5.37. The van der Waals surface area contributed by atoms with Crippen LogP contribution in [0, 0.1) is 17.9 Å². The van der Waals surface area contributed by atoms with Crippen LogP contribution in [0.5, 0.6) is 0 Å². The first-order valence-corrected chi connectivity index (χ1v) is 9.23. The Kier molecular flexibility index (Phi) is 9.89. The highest BCUT2D eigenvalue weighted by molar-refractivity contribution is 9.10. The van der Waals surface area contributed by atoms with E-state index < -0.39 is 5.97 Å². The van der Waals surface area contributed by atoms with E-state index in [1.807, 2.05) is 42.5 Å². The Morgan fingerprint density at radius 2 is 1.67 bits per heavy atom. The first kappa shape index (κ1) is 22.4. The number of carboxylic acid groups (broad SMARTS) is 1. The van der Waals surface area contributed by atoms with Gasteiger partial charge in [-0.3, -0.25) is 4.79 Å². The number of hydrogen-bond donors (Lipinski definition) is 1. The van der Waals surface area contributed by atoms with Crippen molar-refractivity contribution in [2.45, 2.75) is 12.8 Å². The molecule has 2 aromatic carbocycles. The van der Waals surface area contributed by atoms with Gasteiger partial charge in [-0.2, -0.15) is 0 Å². The summed E-state index contributed by atoms with van der Waals surface area (Å²) in [5.74, 6) is -0.404. The van der Waals surface area contributed by atoms with Crippen LogP contribution in [-0.4, -0.2) is 18.2 Å². The minimum Gasteiger partial charge on any atom is -0.511 e. The van der Waals surface area contributed by atoms with E-state index in [4.69, 9.17) is 21.7 Å². The quantitative estimate of drug-likeness (QED) is 0.346. The molecule has 0 saturated carbocycles.